The maximum Gasteiger partial charge on any atom is 0.226 e. The highest BCUT2D eigenvalue weighted by molar-refractivity contribution is 5.90. The molecule has 0 aliphatic rings. The highest BCUT2D eigenvalue weighted by Crippen LogP contribution is 2.17. The van der Waals surface area contributed by atoms with Gasteiger partial charge in [0.2, 0.25) is 5.91 Å². The fourth-order valence-corrected chi connectivity index (χ4v) is 2.34. The molecular weight excluding hydrogens is 266 g/mol. The van der Waals surface area contributed by atoms with E-state index in [1.165, 1.54) is 5.56 Å². The summed E-state index contributed by atoms with van der Waals surface area (Å²) in [7, 11) is 1.81. The summed E-state index contributed by atoms with van der Waals surface area (Å²) >= 11 is 0. The molecule has 1 aromatic carbocycles. The van der Waals surface area contributed by atoms with E-state index in [1.807, 2.05) is 30.1 Å². The summed E-state index contributed by atoms with van der Waals surface area (Å²) in [5.41, 5.74) is 2.96. The Morgan fingerprint density at radius 2 is 2.14 bits per heavy atom. The number of carbonyl (C=O) groups excluding carboxylic acids is 1. The molecule has 1 N–H and O–H groups in total. The lowest BCUT2D eigenvalue weighted by Gasteiger charge is -2.05. The molecule has 2 aromatic heterocycles. The molecule has 0 fully saturated rings. The molecule has 21 heavy (non-hydrogen) atoms. The fourth-order valence-electron chi connectivity index (χ4n) is 2.34. The van der Waals surface area contributed by atoms with E-state index < -0.39 is 0 Å². The Labute approximate surface area is 122 Å². The van der Waals surface area contributed by atoms with Crippen molar-refractivity contribution >= 4 is 22.5 Å². The number of nitrogens with zero attached hydrogens (tertiary/aromatic N) is 4. The molecule has 0 bridgehead atoms. The van der Waals surface area contributed by atoms with Gasteiger partial charge >= 0.3 is 0 Å². The van der Waals surface area contributed by atoms with Gasteiger partial charge in [0.25, 0.3) is 0 Å². The molecule has 0 aliphatic carbocycles. The van der Waals surface area contributed by atoms with Crippen LogP contribution >= 0.6 is 0 Å². The third-order valence-corrected chi connectivity index (χ3v) is 3.44. The summed E-state index contributed by atoms with van der Waals surface area (Å²) in [5.74, 6) is -0.0423. The first-order valence-corrected chi connectivity index (χ1v) is 6.83. The van der Waals surface area contributed by atoms with Gasteiger partial charge in [-0.1, -0.05) is 12.1 Å². The topological polar surface area (TPSA) is 64.7 Å². The van der Waals surface area contributed by atoms with Crippen LogP contribution in [0.2, 0.25) is 0 Å². The lowest BCUT2D eigenvalue weighted by Crippen LogP contribution is -2.14. The van der Waals surface area contributed by atoms with Crippen molar-refractivity contribution in [1.82, 2.24) is 19.6 Å². The minimum atomic E-state index is -0.0423. The molecule has 0 aliphatic heterocycles. The first kappa shape index (κ1) is 13.4. The number of anilines is 1. The van der Waals surface area contributed by atoms with Gasteiger partial charge in [-0.2, -0.15) is 10.2 Å². The highest BCUT2D eigenvalue weighted by Gasteiger charge is 2.08. The predicted octanol–water partition coefficient (Wildman–Crippen LogP) is 2.11. The molecule has 0 saturated heterocycles. The predicted molar refractivity (Wildman–Crippen MR) is 80.9 cm³/mol. The molecule has 1 amide bonds. The standard InChI is InChI=1S/C15H17N5O/c1-11-4-3-5-14-13(11)9-17-20(14)7-6-15(21)18-12-8-16-19(2)10-12/h3-5,8-10H,6-7H2,1-2H3,(H,18,21). The van der Waals surface area contributed by atoms with E-state index in [1.54, 1.807) is 17.1 Å². The molecule has 0 atom stereocenters. The Morgan fingerprint density at radius 3 is 2.90 bits per heavy atom. The van der Waals surface area contributed by atoms with Crippen LogP contribution in [0.1, 0.15) is 12.0 Å². The van der Waals surface area contributed by atoms with Crippen LogP contribution in [0.5, 0.6) is 0 Å². The quantitative estimate of drug-likeness (QED) is 0.797. The number of hydrogen-bond donors (Lipinski definition) is 1. The number of amides is 1. The first-order valence-electron chi connectivity index (χ1n) is 6.83. The van der Waals surface area contributed by atoms with Crippen LogP contribution < -0.4 is 5.32 Å². The lowest BCUT2D eigenvalue weighted by molar-refractivity contribution is -0.116. The zero-order valence-electron chi connectivity index (χ0n) is 12.1. The summed E-state index contributed by atoms with van der Waals surface area (Å²) in [4.78, 5) is 11.9. The van der Waals surface area contributed by atoms with E-state index in [4.69, 9.17) is 0 Å². The summed E-state index contributed by atoms with van der Waals surface area (Å²) in [6.07, 6.45) is 5.62. The van der Waals surface area contributed by atoms with E-state index in [-0.39, 0.29) is 5.91 Å². The van der Waals surface area contributed by atoms with Crippen molar-refractivity contribution in [2.75, 3.05) is 5.32 Å². The minimum absolute atomic E-state index is 0.0423. The maximum atomic E-state index is 11.9. The molecule has 0 spiro atoms. The molecular formula is C15H17N5O. The number of hydrogen-bond acceptors (Lipinski definition) is 3. The van der Waals surface area contributed by atoms with E-state index >= 15 is 0 Å². The van der Waals surface area contributed by atoms with Gasteiger partial charge in [-0.05, 0) is 18.6 Å². The third-order valence-electron chi connectivity index (χ3n) is 3.44. The van der Waals surface area contributed by atoms with E-state index in [0.29, 0.717) is 18.7 Å². The Kier molecular flexibility index (Phi) is 3.43. The maximum absolute atomic E-state index is 11.9. The molecule has 0 radical (unpaired) electrons. The number of benzene rings is 1. The first-order chi connectivity index (χ1) is 10.1. The number of carbonyl (C=O) groups is 1. The average molecular weight is 283 g/mol. The van der Waals surface area contributed by atoms with Crippen LogP contribution in [0.3, 0.4) is 0 Å². The highest BCUT2D eigenvalue weighted by atomic mass is 16.1. The minimum Gasteiger partial charge on any atom is -0.323 e. The Morgan fingerprint density at radius 1 is 1.29 bits per heavy atom. The van der Waals surface area contributed by atoms with Crippen molar-refractivity contribution in [3.63, 3.8) is 0 Å². The van der Waals surface area contributed by atoms with Crippen molar-refractivity contribution in [2.24, 2.45) is 7.05 Å². The summed E-state index contributed by atoms with van der Waals surface area (Å²) in [5, 5.41) is 12.3. The molecule has 108 valence electrons. The monoisotopic (exact) mass is 283 g/mol. The second-order valence-corrected chi connectivity index (χ2v) is 5.08. The van der Waals surface area contributed by atoms with Gasteiger partial charge in [-0.25, -0.2) is 0 Å². The van der Waals surface area contributed by atoms with Crippen molar-refractivity contribution in [1.29, 1.82) is 0 Å². The van der Waals surface area contributed by atoms with Crippen molar-refractivity contribution < 1.29 is 4.79 Å². The Balaban J connectivity index is 1.66. The van der Waals surface area contributed by atoms with Gasteiger partial charge in [0.15, 0.2) is 0 Å². The van der Waals surface area contributed by atoms with E-state index in [0.717, 1.165) is 10.9 Å². The summed E-state index contributed by atoms with van der Waals surface area (Å²) < 4.78 is 3.52. The smallest absolute Gasteiger partial charge is 0.226 e. The van der Waals surface area contributed by atoms with Crippen LogP contribution in [-0.2, 0) is 18.4 Å². The number of nitrogens with one attached hydrogen (secondary N) is 1. The zero-order valence-corrected chi connectivity index (χ0v) is 12.1. The number of aromatic nitrogens is 4. The normalized spacial score (nSPS) is 11.0. The molecule has 3 aromatic rings. The summed E-state index contributed by atoms with van der Waals surface area (Å²) in [6, 6.07) is 6.09. The SMILES string of the molecule is Cc1cccc2c1cnn2CCC(=O)Nc1cnn(C)c1. The Bertz CT molecular complexity index is 786. The second-order valence-electron chi connectivity index (χ2n) is 5.08. The van der Waals surface area contributed by atoms with Gasteiger partial charge in [0, 0.05) is 25.1 Å². The van der Waals surface area contributed by atoms with Gasteiger partial charge in [-0.15, -0.1) is 0 Å². The van der Waals surface area contributed by atoms with Crippen LogP contribution in [0.25, 0.3) is 10.9 Å². The molecule has 0 unspecified atom stereocenters. The number of fused-ring (bicyclic) bond motifs is 1. The summed E-state index contributed by atoms with van der Waals surface area (Å²) in [6.45, 7) is 2.61. The number of aryl methyl sites for hydroxylation is 3. The van der Waals surface area contributed by atoms with Gasteiger partial charge in [0.05, 0.1) is 30.1 Å². The van der Waals surface area contributed by atoms with Crippen molar-refractivity contribution in [3.8, 4) is 0 Å². The lowest BCUT2D eigenvalue weighted by atomic mass is 10.1. The second kappa shape index (κ2) is 5.40. The number of rotatable bonds is 4. The fraction of sp³-hybridized carbons (Fsp3) is 0.267. The van der Waals surface area contributed by atoms with Crippen LogP contribution in [0.4, 0.5) is 5.69 Å². The van der Waals surface area contributed by atoms with Crippen molar-refractivity contribution in [2.45, 2.75) is 19.9 Å². The molecule has 0 saturated carbocycles. The average Bonchev–Trinajstić information content (AvgIpc) is 3.04. The van der Waals surface area contributed by atoms with Crippen LogP contribution in [0, 0.1) is 6.92 Å². The van der Waals surface area contributed by atoms with Gasteiger partial charge in [-0.3, -0.25) is 14.2 Å². The van der Waals surface area contributed by atoms with Crippen LogP contribution in [-0.4, -0.2) is 25.5 Å². The van der Waals surface area contributed by atoms with E-state index in [2.05, 4.69) is 28.5 Å². The van der Waals surface area contributed by atoms with Crippen LogP contribution in [0.15, 0.2) is 36.8 Å². The molecule has 6 nitrogen and oxygen atoms in total. The van der Waals surface area contributed by atoms with Gasteiger partial charge < -0.3 is 5.32 Å². The molecule has 3 rings (SSSR count). The Hall–Kier alpha value is -2.63. The van der Waals surface area contributed by atoms with Crippen molar-refractivity contribution in [3.05, 3.63) is 42.4 Å². The molecule has 2 heterocycles. The van der Waals surface area contributed by atoms with Gasteiger partial charge in [0.1, 0.15) is 0 Å². The zero-order chi connectivity index (χ0) is 14.8. The van der Waals surface area contributed by atoms with E-state index in [9.17, 15) is 4.79 Å². The molecule has 6 heteroatoms. The third kappa shape index (κ3) is 2.79. The largest absolute Gasteiger partial charge is 0.323 e.